The van der Waals surface area contributed by atoms with Gasteiger partial charge < -0.3 is 15.5 Å². The highest BCUT2D eigenvalue weighted by Crippen LogP contribution is 2.33. The lowest BCUT2D eigenvalue weighted by Crippen LogP contribution is -2.40. The van der Waals surface area contributed by atoms with Crippen LogP contribution in [0.4, 0.5) is 19.3 Å². The van der Waals surface area contributed by atoms with Crippen LogP contribution in [0.3, 0.4) is 0 Å². The van der Waals surface area contributed by atoms with Gasteiger partial charge >= 0.3 is 6.03 Å². The summed E-state index contributed by atoms with van der Waals surface area (Å²) in [5.41, 5.74) is 0.121. The van der Waals surface area contributed by atoms with Crippen LogP contribution in [0.15, 0.2) is 18.2 Å². The molecule has 1 saturated heterocycles. The molecule has 0 bridgehead atoms. The number of hydrogen-bond donors (Lipinski definition) is 2. The van der Waals surface area contributed by atoms with Gasteiger partial charge in [0.2, 0.25) is 5.01 Å². The molecule has 1 atom stereocenters. The molecule has 0 unspecified atom stereocenters. The molecular formula is C18H21F2N5O2S. The number of hydrogen-bond acceptors (Lipinski definition) is 5. The van der Waals surface area contributed by atoms with Crippen LogP contribution in [0.1, 0.15) is 47.5 Å². The Hall–Kier alpha value is -2.62. The number of benzene rings is 1. The average molecular weight is 409 g/mol. The summed E-state index contributed by atoms with van der Waals surface area (Å²) < 4.78 is 26.3. The summed E-state index contributed by atoms with van der Waals surface area (Å²) in [4.78, 5) is 26.4. The lowest BCUT2D eigenvalue weighted by molar-refractivity contribution is 0.102. The maximum absolute atomic E-state index is 13.3. The van der Waals surface area contributed by atoms with Gasteiger partial charge in [-0.25, -0.2) is 13.6 Å². The van der Waals surface area contributed by atoms with Gasteiger partial charge in [-0.1, -0.05) is 25.2 Å². The highest BCUT2D eigenvalue weighted by Gasteiger charge is 2.33. The molecule has 1 aliphatic heterocycles. The second kappa shape index (κ2) is 8.59. The number of nitrogens with one attached hydrogen (secondary N) is 2. The molecule has 10 heteroatoms. The summed E-state index contributed by atoms with van der Waals surface area (Å²) in [6.07, 6.45) is 1.59. The predicted octanol–water partition coefficient (Wildman–Crippen LogP) is 3.57. The summed E-state index contributed by atoms with van der Waals surface area (Å²) in [6, 6.07) is 2.71. The smallest absolute Gasteiger partial charge is 0.318 e. The number of likely N-dealkylation sites (tertiary alicyclic amines) is 1. The highest BCUT2D eigenvalue weighted by atomic mass is 32.1. The van der Waals surface area contributed by atoms with Crippen molar-refractivity contribution in [1.82, 2.24) is 20.4 Å². The Morgan fingerprint density at radius 1 is 1.29 bits per heavy atom. The van der Waals surface area contributed by atoms with Crippen molar-refractivity contribution in [2.45, 2.75) is 32.7 Å². The van der Waals surface area contributed by atoms with Crippen LogP contribution in [-0.4, -0.2) is 40.1 Å². The van der Waals surface area contributed by atoms with E-state index in [4.69, 9.17) is 0 Å². The second-order valence-corrected chi connectivity index (χ2v) is 7.97. The Kier molecular flexibility index (Phi) is 6.18. The largest absolute Gasteiger partial charge is 0.338 e. The standard InChI is InChI=1S/C18H21F2N5O2S/c1-10(2)9-21-18(27)25-7-3-4-14(25)16-23-24-17(28-16)15(26)22-11-5-6-12(19)13(20)8-11/h5-6,8,10,14H,3-4,7,9H2,1-2H3,(H,21,27)(H,22,26)/t14-/m0/s1. The lowest BCUT2D eigenvalue weighted by atomic mass is 10.2. The molecule has 2 heterocycles. The number of amides is 3. The van der Waals surface area contributed by atoms with Crippen molar-refractivity contribution < 1.29 is 18.4 Å². The number of urea groups is 1. The number of halogens is 2. The SMILES string of the molecule is CC(C)CNC(=O)N1CCC[C@H]1c1nnc(C(=O)Nc2ccc(F)c(F)c2)s1. The zero-order valence-corrected chi connectivity index (χ0v) is 16.4. The van der Waals surface area contributed by atoms with Crippen LogP contribution in [0.2, 0.25) is 0 Å². The summed E-state index contributed by atoms with van der Waals surface area (Å²) in [7, 11) is 0. The van der Waals surface area contributed by atoms with E-state index in [1.165, 1.54) is 6.07 Å². The summed E-state index contributed by atoms with van der Waals surface area (Å²) in [6.45, 7) is 5.24. The number of nitrogens with zero attached hydrogens (tertiary/aromatic N) is 3. The van der Waals surface area contributed by atoms with Gasteiger partial charge in [-0.15, -0.1) is 10.2 Å². The molecule has 0 spiro atoms. The molecular weight excluding hydrogens is 388 g/mol. The van der Waals surface area contributed by atoms with E-state index in [1.54, 1.807) is 4.90 Å². The molecule has 7 nitrogen and oxygen atoms in total. The zero-order valence-electron chi connectivity index (χ0n) is 15.5. The van der Waals surface area contributed by atoms with Crippen molar-refractivity contribution in [1.29, 1.82) is 0 Å². The van der Waals surface area contributed by atoms with Crippen LogP contribution < -0.4 is 10.6 Å². The van der Waals surface area contributed by atoms with Gasteiger partial charge in [0, 0.05) is 24.8 Å². The van der Waals surface area contributed by atoms with E-state index < -0.39 is 17.5 Å². The van der Waals surface area contributed by atoms with Crippen LogP contribution in [0.5, 0.6) is 0 Å². The summed E-state index contributed by atoms with van der Waals surface area (Å²) in [5, 5.41) is 14.0. The van der Waals surface area contributed by atoms with Gasteiger partial charge in [-0.3, -0.25) is 4.79 Å². The molecule has 150 valence electrons. The zero-order chi connectivity index (χ0) is 20.3. The van der Waals surface area contributed by atoms with Crippen molar-refractivity contribution in [3.8, 4) is 0 Å². The topological polar surface area (TPSA) is 87.2 Å². The first kappa shape index (κ1) is 20.1. The van der Waals surface area contributed by atoms with E-state index in [2.05, 4.69) is 20.8 Å². The van der Waals surface area contributed by atoms with Gasteiger partial charge in [0.05, 0.1) is 6.04 Å². The minimum absolute atomic E-state index is 0.0918. The summed E-state index contributed by atoms with van der Waals surface area (Å²) in [5.74, 6) is -2.26. The minimum Gasteiger partial charge on any atom is -0.338 e. The fourth-order valence-electron chi connectivity index (χ4n) is 2.88. The van der Waals surface area contributed by atoms with Gasteiger partial charge in [0.25, 0.3) is 5.91 Å². The van der Waals surface area contributed by atoms with Crippen LogP contribution in [0, 0.1) is 17.6 Å². The van der Waals surface area contributed by atoms with Crippen molar-refractivity contribution in [3.63, 3.8) is 0 Å². The third-order valence-corrected chi connectivity index (χ3v) is 5.30. The number of rotatable bonds is 5. The van der Waals surface area contributed by atoms with E-state index in [1.807, 2.05) is 13.8 Å². The molecule has 3 amide bonds. The Morgan fingerprint density at radius 3 is 2.79 bits per heavy atom. The predicted molar refractivity (Wildman–Crippen MR) is 101 cm³/mol. The number of aromatic nitrogens is 2. The number of anilines is 1. The van der Waals surface area contributed by atoms with Crippen LogP contribution in [0.25, 0.3) is 0 Å². The third-order valence-electron chi connectivity index (χ3n) is 4.27. The second-order valence-electron chi connectivity index (χ2n) is 6.96. The first-order valence-corrected chi connectivity index (χ1v) is 9.81. The molecule has 0 saturated carbocycles. The fourth-order valence-corrected chi connectivity index (χ4v) is 3.77. The third kappa shape index (κ3) is 4.61. The lowest BCUT2D eigenvalue weighted by Gasteiger charge is -2.23. The summed E-state index contributed by atoms with van der Waals surface area (Å²) >= 11 is 1.09. The first-order valence-electron chi connectivity index (χ1n) is 8.99. The minimum atomic E-state index is -1.05. The highest BCUT2D eigenvalue weighted by molar-refractivity contribution is 7.13. The number of carbonyl (C=O) groups excluding carboxylic acids is 2. The molecule has 0 radical (unpaired) electrons. The van der Waals surface area contributed by atoms with Crippen LogP contribution in [-0.2, 0) is 0 Å². The quantitative estimate of drug-likeness (QED) is 0.790. The molecule has 1 aromatic carbocycles. The van der Waals surface area contributed by atoms with E-state index in [-0.39, 0.29) is 22.8 Å². The molecule has 28 heavy (non-hydrogen) atoms. The molecule has 1 aromatic heterocycles. The number of carbonyl (C=O) groups is 2. The van der Waals surface area contributed by atoms with E-state index in [0.717, 1.165) is 36.3 Å². The van der Waals surface area contributed by atoms with Crippen molar-refractivity contribution >= 4 is 29.0 Å². The van der Waals surface area contributed by atoms with Gasteiger partial charge in [-0.05, 0) is 30.9 Å². The van der Waals surface area contributed by atoms with Gasteiger partial charge in [0.1, 0.15) is 5.01 Å². The van der Waals surface area contributed by atoms with Crippen molar-refractivity contribution in [2.75, 3.05) is 18.4 Å². The first-order chi connectivity index (χ1) is 13.3. The molecule has 1 aliphatic rings. The Morgan fingerprint density at radius 2 is 2.07 bits per heavy atom. The maximum atomic E-state index is 13.3. The molecule has 3 rings (SSSR count). The monoisotopic (exact) mass is 409 g/mol. The van der Waals surface area contributed by atoms with Gasteiger partial charge in [-0.2, -0.15) is 0 Å². The van der Waals surface area contributed by atoms with E-state index in [9.17, 15) is 18.4 Å². The molecule has 0 aliphatic carbocycles. The van der Waals surface area contributed by atoms with Crippen molar-refractivity contribution in [3.05, 3.63) is 39.8 Å². The van der Waals surface area contributed by atoms with Crippen molar-refractivity contribution in [2.24, 2.45) is 5.92 Å². The fraction of sp³-hybridized carbons (Fsp3) is 0.444. The van der Waals surface area contributed by atoms with Crippen LogP contribution >= 0.6 is 11.3 Å². The normalized spacial score (nSPS) is 16.5. The Bertz CT molecular complexity index is 873. The van der Waals surface area contributed by atoms with E-state index >= 15 is 0 Å². The maximum Gasteiger partial charge on any atom is 0.318 e. The van der Waals surface area contributed by atoms with E-state index in [0.29, 0.717) is 24.0 Å². The van der Waals surface area contributed by atoms with Gasteiger partial charge in [0.15, 0.2) is 11.6 Å². The average Bonchev–Trinajstić information content (AvgIpc) is 3.31. The molecule has 2 aromatic rings. The Balaban J connectivity index is 1.67. The molecule has 2 N–H and O–H groups in total. The molecule has 1 fully saturated rings. The Labute approximate surface area is 165 Å².